The van der Waals surface area contributed by atoms with E-state index in [1.807, 2.05) is 38.1 Å². The van der Waals surface area contributed by atoms with E-state index in [0.717, 1.165) is 11.3 Å². The summed E-state index contributed by atoms with van der Waals surface area (Å²) in [7, 11) is 2.93. The minimum atomic E-state index is -0.723. The number of carbonyl (C=O) groups excluding carboxylic acids is 2. The first-order valence-corrected chi connectivity index (χ1v) is 10.8. The number of hydrogen-bond donors (Lipinski definition) is 1. The number of hydrogen-bond acceptors (Lipinski definition) is 7. The molecular weight excluding hydrogens is 412 g/mol. The van der Waals surface area contributed by atoms with Crippen LogP contribution in [0.5, 0.6) is 5.75 Å². The molecule has 7 heteroatoms. The molecule has 0 fully saturated rings. The molecule has 1 aromatic carbocycles. The SMILES string of the molecule is CCC(=O)O[C@H](C/C=C/C=C/C(=O)OC)[C@@H](C)[C@H](O)[C@H](C)COCc1ccc(OC)cc1. The standard InChI is InChI=1S/C25H36O7/c1-6-23(26)32-22(10-8-7-9-11-24(27)30-5)19(3)25(28)18(2)16-31-17-20-12-14-21(29-4)15-13-20/h7-9,11-15,18-19,22,25,28H,6,10,16-17H2,1-5H3/b8-7+,11-9+/t18-,19-,22-,25-/m1/s1. The fourth-order valence-electron chi connectivity index (χ4n) is 3.04. The van der Waals surface area contributed by atoms with Crippen LogP contribution in [0, 0.1) is 11.8 Å². The maximum atomic E-state index is 11.9. The molecule has 0 aliphatic rings. The lowest BCUT2D eigenvalue weighted by atomic mass is 9.88. The zero-order valence-electron chi connectivity index (χ0n) is 19.7. The average molecular weight is 449 g/mol. The van der Waals surface area contributed by atoms with E-state index >= 15 is 0 Å². The van der Waals surface area contributed by atoms with Crippen molar-refractivity contribution >= 4 is 11.9 Å². The van der Waals surface area contributed by atoms with Gasteiger partial charge in [0.1, 0.15) is 11.9 Å². The van der Waals surface area contributed by atoms with Crippen LogP contribution in [-0.4, -0.2) is 50.1 Å². The highest BCUT2D eigenvalue weighted by Gasteiger charge is 2.30. The Morgan fingerprint density at radius 2 is 1.78 bits per heavy atom. The zero-order valence-corrected chi connectivity index (χ0v) is 19.7. The summed E-state index contributed by atoms with van der Waals surface area (Å²) in [6, 6.07) is 7.62. The molecule has 0 aromatic heterocycles. The molecule has 0 saturated carbocycles. The Morgan fingerprint density at radius 1 is 1.09 bits per heavy atom. The topological polar surface area (TPSA) is 91.3 Å². The molecule has 4 atom stereocenters. The Hall–Kier alpha value is -2.64. The van der Waals surface area contributed by atoms with E-state index in [1.165, 1.54) is 13.2 Å². The lowest BCUT2D eigenvalue weighted by Crippen LogP contribution is -2.38. The number of aliphatic hydroxyl groups is 1. The number of methoxy groups -OCH3 is 2. The van der Waals surface area contributed by atoms with E-state index in [-0.39, 0.29) is 24.2 Å². The number of esters is 2. The Balaban J connectivity index is 2.63. The van der Waals surface area contributed by atoms with Crippen LogP contribution in [0.1, 0.15) is 39.2 Å². The second-order valence-electron chi connectivity index (χ2n) is 7.62. The fraction of sp³-hybridized carbons (Fsp3) is 0.520. The lowest BCUT2D eigenvalue weighted by Gasteiger charge is -2.30. The van der Waals surface area contributed by atoms with Crippen molar-refractivity contribution < 1.29 is 33.6 Å². The van der Waals surface area contributed by atoms with Gasteiger partial charge in [0, 0.05) is 30.8 Å². The molecule has 0 saturated heterocycles. The molecule has 0 heterocycles. The molecule has 1 aromatic rings. The van der Waals surface area contributed by atoms with Gasteiger partial charge in [-0.25, -0.2) is 4.79 Å². The van der Waals surface area contributed by atoms with Gasteiger partial charge in [0.25, 0.3) is 0 Å². The molecule has 0 aliphatic carbocycles. The van der Waals surface area contributed by atoms with Crippen molar-refractivity contribution in [2.45, 2.75) is 52.4 Å². The first kappa shape index (κ1) is 27.4. The van der Waals surface area contributed by atoms with Crippen LogP contribution < -0.4 is 4.74 Å². The smallest absolute Gasteiger partial charge is 0.330 e. The van der Waals surface area contributed by atoms with E-state index in [1.54, 1.807) is 32.3 Å². The van der Waals surface area contributed by atoms with Crippen molar-refractivity contribution in [1.82, 2.24) is 0 Å². The summed E-state index contributed by atoms with van der Waals surface area (Å²) in [4.78, 5) is 23.0. The van der Waals surface area contributed by atoms with E-state index in [9.17, 15) is 14.7 Å². The molecule has 0 bridgehead atoms. The second-order valence-corrected chi connectivity index (χ2v) is 7.62. The largest absolute Gasteiger partial charge is 0.497 e. The third kappa shape index (κ3) is 10.1. The highest BCUT2D eigenvalue weighted by Crippen LogP contribution is 2.23. The molecule has 32 heavy (non-hydrogen) atoms. The van der Waals surface area contributed by atoms with Crippen molar-refractivity contribution in [3.63, 3.8) is 0 Å². The van der Waals surface area contributed by atoms with Crippen molar-refractivity contribution in [2.75, 3.05) is 20.8 Å². The third-order valence-corrected chi connectivity index (χ3v) is 5.14. The second kappa shape index (κ2) is 15.2. The molecule has 0 spiro atoms. The minimum Gasteiger partial charge on any atom is -0.497 e. The number of carbonyl (C=O) groups is 2. The summed E-state index contributed by atoms with van der Waals surface area (Å²) in [6.45, 7) is 6.28. The molecule has 1 N–H and O–H groups in total. The summed E-state index contributed by atoms with van der Waals surface area (Å²) in [5.41, 5.74) is 1.01. The van der Waals surface area contributed by atoms with Gasteiger partial charge >= 0.3 is 11.9 Å². The van der Waals surface area contributed by atoms with Gasteiger partial charge in [0.05, 0.1) is 33.5 Å². The average Bonchev–Trinajstić information content (AvgIpc) is 2.81. The third-order valence-electron chi connectivity index (χ3n) is 5.14. The van der Waals surface area contributed by atoms with Gasteiger partial charge in [-0.3, -0.25) is 4.79 Å². The summed E-state index contributed by atoms with van der Waals surface area (Å²) < 4.78 is 21.0. The van der Waals surface area contributed by atoms with Gasteiger partial charge in [-0.15, -0.1) is 0 Å². The van der Waals surface area contributed by atoms with Crippen LogP contribution >= 0.6 is 0 Å². The summed E-state index contributed by atoms with van der Waals surface area (Å²) >= 11 is 0. The van der Waals surface area contributed by atoms with Crippen LogP contribution in [0.4, 0.5) is 0 Å². The Morgan fingerprint density at radius 3 is 2.38 bits per heavy atom. The molecule has 0 aliphatic heterocycles. The van der Waals surface area contributed by atoms with Crippen LogP contribution in [0.2, 0.25) is 0 Å². The van der Waals surface area contributed by atoms with Crippen LogP contribution in [-0.2, 0) is 30.4 Å². The van der Waals surface area contributed by atoms with Crippen molar-refractivity contribution in [1.29, 1.82) is 0 Å². The summed E-state index contributed by atoms with van der Waals surface area (Å²) in [6.07, 6.45) is 5.78. The van der Waals surface area contributed by atoms with E-state index < -0.39 is 18.2 Å². The van der Waals surface area contributed by atoms with E-state index in [0.29, 0.717) is 19.6 Å². The van der Waals surface area contributed by atoms with Gasteiger partial charge in [-0.2, -0.15) is 0 Å². The predicted octanol–water partition coefficient (Wildman–Crippen LogP) is 3.84. The van der Waals surface area contributed by atoms with Crippen LogP contribution in [0.25, 0.3) is 0 Å². The molecular formula is C25H36O7. The van der Waals surface area contributed by atoms with E-state index in [2.05, 4.69) is 4.74 Å². The Kier molecular flexibility index (Phi) is 13.0. The predicted molar refractivity (Wildman–Crippen MR) is 122 cm³/mol. The first-order valence-electron chi connectivity index (χ1n) is 10.8. The zero-order chi connectivity index (χ0) is 23.9. The highest BCUT2D eigenvalue weighted by molar-refractivity contribution is 5.82. The van der Waals surface area contributed by atoms with Crippen LogP contribution in [0.3, 0.4) is 0 Å². The van der Waals surface area contributed by atoms with Crippen molar-refractivity contribution in [3.8, 4) is 5.75 Å². The molecule has 7 nitrogen and oxygen atoms in total. The van der Waals surface area contributed by atoms with Crippen LogP contribution in [0.15, 0.2) is 48.6 Å². The first-order chi connectivity index (χ1) is 15.3. The quantitative estimate of drug-likeness (QED) is 0.263. The van der Waals surface area contributed by atoms with Gasteiger partial charge in [0.2, 0.25) is 0 Å². The highest BCUT2D eigenvalue weighted by atomic mass is 16.5. The molecule has 1 rings (SSSR count). The molecule has 0 unspecified atom stereocenters. The normalized spacial score (nSPS) is 15.3. The maximum absolute atomic E-state index is 11.9. The minimum absolute atomic E-state index is 0.158. The van der Waals surface area contributed by atoms with Crippen molar-refractivity contribution in [2.24, 2.45) is 11.8 Å². The molecule has 0 radical (unpaired) electrons. The van der Waals surface area contributed by atoms with Gasteiger partial charge < -0.3 is 24.1 Å². The van der Waals surface area contributed by atoms with Gasteiger partial charge in [-0.05, 0) is 17.7 Å². The number of rotatable bonds is 14. The number of allylic oxidation sites excluding steroid dienone is 2. The molecule has 178 valence electrons. The Labute approximate surface area is 191 Å². The maximum Gasteiger partial charge on any atom is 0.330 e. The van der Waals surface area contributed by atoms with Crippen molar-refractivity contribution in [3.05, 3.63) is 54.1 Å². The monoisotopic (exact) mass is 448 g/mol. The molecule has 0 amide bonds. The summed E-state index contributed by atoms with van der Waals surface area (Å²) in [5, 5.41) is 10.8. The Bertz CT molecular complexity index is 739. The van der Waals surface area contributed by atoms with Gasteiger partial charge in [0.15, 0.2) is 0 Å². The fourth-order valence-corrected chi connectivity index (χ4v) is 3.04. The lowest BCUT2D eigenvalue weighted by molar-refractivity contribution is -0.154. The summed E-state index contributed by atoms with van der Waals surface area (Å²) in [5.74, 6) is -0.450. The van der Waals surface area contributed by atoms with Gasteiger partial charge in [-0.1, -0.05) is 51.1 Å². The number of benzene rings is 1. The number of aliphatic hydroxyl groups excluding tert-OH is 1. The number of ether oxygens (including phenoxy) is 4. The van der Waals surface area contributed by atoms with E-state index in [4.69, 9.17) is 14.2 Å².